The predicted molar refractivity (Wildman–Crippen MR) is 93.5 cm³/mol. The van der Waals surface area contributed by atoms with Gasteiger partial charge in [0.05, 0.1) is 6.54 Å². The molecule has 2 amide bonds. The van der Waals surface area contributed by atoms with E-state index in [0.717, 1.165) is 29.7 Å². The molecule has 2 N–H and O–H groups in total. The summed E-state index contributed by atoms with van der Waals surface area (Å²) in [6, 6.07) is 4.09. The van der Waals surface area contributed by atoms with Crippen molar-refractivity contribution >= 4 is 17.5 Å². The van der Waals surface area contributed by atoms with E-state index in [9.17, 15) is 9.59 Å². The minimum absolute atomic E-state index is 0.00981. The molecule has 126 valence electrons. The molecule has 1 aromatic carbocycles. The van der Waals surface area contributed by atoms with Crippen molar-refractivity contribution in [1.29, 1.82) is 0 Å². The van der Waals surface area contributed by atoms with Crippen molar-refractivity contribution in [2.24, 2.45) is 5.92 Å². The molecular weight excluding hydrogens is 288 g/mol. The number of amides is 2. The number of aryl methyl sites for hydroxylation is 3. The Bertz CT molecular complexity index is 552. The maximum atomic E-state index is 12.1. The Balaban J connectivity index is 1.80. The fraction of sp³-hybridized carbons (Fsp3) is 0.579. The van der Waals surface area contributed by atoms with Crippen LogP contribution in [0.4, 0.5) is 5.69 Å². The summed E-state index contributed by atoms with van der Waals surface area (Å²) >= 11 is 0. The summed E-state index contributed by atoms with van der Waals surface area (Å²) in [4.78, 5) is 24.0. The molecule has 0 saturated heterocycles. The van der Waals surface area contributed by atoms with Crippen molar-refractivity contribution in [3.05, 3.63) is 28.8 Å². The normalized spacial score (nSPS) is 15.3. The first-order valence-electron chi connectivity index (χ1n) is 8.60. The maximum absolute atomic E-state index is 12.1. The average molecular weight is 316 g/mol. The number of benzene rings is 1. The van der Waals surface area contributed by atoms with Crippen LogP contribution in [0.3, 0.4) is 0 Å². The van der Waals surface area contributed by atoms with Crippen molar-refractivity contribution in [2.45, 2.75) is 59.3 Å². The molecule has 1 aliphatic carbocycles. The lowest BCUT2D eigenvalue weighted by Gasteiger charge is -2.20. The van der Waals surface area contributed by atoms with Gasteiger partial charge in [-0.05, 0) is 50.7 Å². The highest BCUT2D eigenvalue weighted by molar-refractivity contribution is 5.95. The zero-order valence-electron chi connectivity index (χ0n) is 14.5. The third kappa shape index (κ3) is 5.38. The standard InChI is InChI=1S/C19H28N2O2/c1-13-9-14(2)19(15(3)10-13)21-18(23)12-20-17(22)11-16-7-5-4-6-8-16/h9-10,16H,4-8,11-12H2,1-3H3,(H,20,22)(H,21,23). The lowest BCUT2D eigenvalue weighted by atomic mass is 9.87. The van der Waals surface area contributed by atoms with Gasteiger partial charge in [-0.2, -0.15) is 0 Å². The molecule has 0 aliphatic heterocycles. The molecule has 0 spiro atoms. The number of carbonyl (C=O) groups excluding carboxylic acids is 2. The van der Waals surface area contributed by atoms with Crippen LogP contribution in [-0.4, -0.2) is 18.4 Å². The molecule has 1 saturated carbocycles. The number of carbonyl (C=O) groups is 2. The molecule has 0 unspecified atom stereocenters. The number of hydrogen-bond donors (Lipinski definition) is 2. The van der Waals surface area contributed by atoms with E-state index in [4.69, 9.17) is 0 Å². The molecule has 1 aliphatic rings. The van der Waals surface area contributed by atoms with Gasteiger partial charge in [0.15, 0.2) is 0 Å². The van der Waals surface area contributed by atoms with Crippen molar-refractivity contribution in [1.82, 2.24) is 5.32 Å². The fourth-order valence-corrected chi connectivity index (χ4v) is 3.47. The highest BCUT2D eigenvalue weighted by Crippen LogP contribution is 2.26. The first-order valence-corrected chi connectivity index (χ1v) is 8.60. The third-order valence-electron chi connectivity index (χ3n) is 4.59. The van der Waals surface area contributed by atoms with Gasteiger partial charge in [-0.3, -0.25) is 9.59 Å². The van der Waals surface area contributed by atoms with Gasteiger partial charge in [-0.1, -0.05) is 37.0 Å². The van der Waals surface area contributed by atoms with E-state index in [1.54, 1.807) is 0 Å². The van der Waals surface area contributed by atoms with Crippen LogP contribution < -0.4 is 10.6 Å². The smallest absolute Gasteiger partial charge is 0.243 e. The Hall–Kier alpha value is -1.84. The quantitative estimate of drug-likeness (QED) is 0.871. The summed E-state index contributed by atoms with van der Waals surface area (Å²) in [5, 5.41) is 5.66. The Morgan fingerprint density at radius 2 is 1.61 bits per heavy atom. The van der Waals surface area contributed by atoms with Crippen LogP contribution in [0, 0.1) is 26.7 Å². The highest BCUT2D eigenvalue weighted by Gasteiger charge is 2.17. The SMILES string of the molecule is Cc1cc(C)c(NC(=O)CNC(=O)CC2CCCCC2)c(C)c1. The van der Waals surface area contributed by atoms with E-state index in [1.807, 2.05) is 32.9 Å². The second-order valence-corrected chi connectivity index (χ2v) is 6.81. The maximum Gasteiger partial charge on any atom is 0.243 e. The largest absolute Gasteiger partial charge is 0.347 e. The molecule has 1 aromatic rings. The Kier molecular flexibility index (Phi) is 6.20. The van der Waals surface area contributed by atoms with Crippen molar-refractivity contribution in [2.75, 3.05) is 11.9 Å². The van der Waals surface area contributed by atoms with Gasteiger partial charge >= 0.3 is 0 Å². The molecule has 0 heterocycles. The van der Waals surface area contributed by atoms with Gasteiger partial charge in [-0.25, -0.2) is 0 Å². The third-order valence-corrected chi connectivity index (χ3v) is 4.59. The summed E-state index contributed by atoms with van der Waals surface area (Å²) < 4.78 is 0. The molecule has 0 atom stereocenters. The zero-order valence-corrected chi connectivity index (χ0v) is 14.5. The van der Waals surface area contributed by atoms with Gasteiger partial charge in [0.1, 0.15) is 0 Å². The van der Waals surface area contributed by atoms with E-state index < -0.39 is 0 Å². The lowest BCUT2D eigenvalue weighted by molar-refractivity contribution is -0.125. The fourth-order valence-electron chi connectivity index (χ4n) is 3.47. The molecule has 4 heteroatoms. The summed E-state index contributed by atoms with van der Waals surface area (Å²) in [6.45, 7) is 6.05. The summed E-state index contributed by atoms with van der Waals surface area (Å²) in [6.07, 6.45) is 6.57. The Labute approximate surface area is 139 Å². The van der Waals surface area contributed by atoms with Crippen molar-refractivity contribution in [3.63, 3.8) is 0 Å². The number of rotatable bonds is 5. The van der Waals surface area contributed by atoms with Crippen LogP contribution >= 0.6 is 0 Å². The average Bonchev–Trinajstić information content (AvgIpc) is 2.50. The molecule has 0 radical (unpaired) electrons. The number of nitrogens with one attached hydrogen (secondary N) is 2. The second-order valence-electron chi connectivity index (χ2n) is 6.81. The summed E-state index contributed by atoms with van der Waals surface area (Å²) in [5.41, 5.74) is 4.12. The van der Waals surface area contributed by atoms with E-state index in [2.05, 4.69) is 10.6 Å². The monoisotopic (exact) mass is 316 g/mol. The molecular formula is C19H28N2O2. The van der Waals surface area contributed by atoms with Crippen LogP contribution in [0.15, 0.2) is 12.1 Å². The first-order chi connectivity index (χ1) is 11.0. The van der Waals surface area contributed by atoms with E-state index in [0.29, 0.717) is 12.3 Å². The number of hydrogen-bond acceptors (Lipinski definition) is 2. The van der Waals surface area contributed by atoms with E-state index in [-0.39, 0.29) is 18.4 Å². The predicted octanol–water partition coefficient (Wildman–Crippen LogP) is 3.64. The second kappa shape index (κ2) is 8.14. The topological polar surface area (TPSA) is 58.2 Å². The summed E-state index contributed by atoms with van der Waals surface area (Å²) in [7, 11) is 0. The highest BCUT2D eigenvalue weighted by atomic mass is 16.2. The van der Waals surface area contributed by atoms with Gasteiger partial charge in [0.25, 0.3) is 0 Å². The van der Waals surface area contributed by atoms with Crippen molar-refractivity contribution in [3.8, 4) is 0 Å². The van der Waals surface area contributed by atoms with Crippen molar-refractivity contribution < 1.29 is 9.59 Å². The van der Waals surface area contributed by atoms with Gasteiger partial charge in [-0.15, -0.1) is 0 Å². The van der Waals surface area contributed by atoms with Gasteiger partial charge in [0.2, 0.25) is 11.8 Å². The van der Waals surface area contributed by atoms with Crippen LogP contribution in [0.2, 0.25) is 0 Å². The minimum Gasteiger partial charge on any atom is -0.347 e. The molecule has 1 fully saturated rings. The molecule has 0 aromatic heterocycles. The Morgan fingerprint density at radius 1 is 1.00 bits per heavy atom. The van der Waals surface area contributed by atoms with Gasteiger partial charge in [0, 0.05) is 12.1 Å². The van der Waals surface area contributed by atoms with E-state index in [1.165, 1.54) is 24.8 Å². The molecule has 4 nitrogen and oxygen atoms in total. The van der Waals surface area contributed by atoms with Crippen LogP contribution in [0.1, 0.15) is 55.2 Å². The Morgan fingerprint density at radius 3 is 2.22 bits per heavy atom. The molecule has 23 heavy (non-hydrogen) atoms. The van der Waals surface area contributed by atoms with Gasteiger partial charge < -0.3 is 10.6 Å². The van der Waals surface area contributed by atoms with Crippen LogP contribution in [-0.2, 0) is 9.59 Å². The summed E-state index contributed by atoms with van der Waals surface area (Å²) in [5.74, 6) is 0.315. The lowest BCUT2D eigenvalue weighted by Crippen LogP contribution is -2.34. The van der Waals surface area contributed by atoms with Crippen LogP contribution in [0.5, 0.6) is 0 Å². The van der Waals surface area contributed by atoms with E-state index >= 15 is 0 Å². The molecule has 0 bridgehead atoms. The minimum atomic E-state index is -0.169. The van der Waals surface area contributed by atoms with Crippen LogP contribution in [0.25, 0.3) is 0 Å². The number of anilines is 1. The molecule has 2 rings (SSSR count). The first kappa shape index (κ1) is 17.5. The zero-order chi connectivity index (χ0) is 16.8.